The number of amides is 1. The van der Waals surface area contributed by atoms with Gasteiger partial charge in [-0.25, -0.2) is 9.59 Å². The Hall–Kier alpha value is -1.72. The molecule has 1 N–H and O–H groups in total. The normalized spacial score (nSPS) is 17.5. The maximum absolute atomic E-state index is 11.9. The highest BCUT2D eigenvalue weighted by Crippen LogP contribution is 2.22. The van der Waals surface area contributed by atoms with Crippen molar-refractivity contribution in [3.8, 4) is 0 Å². The maximum Gasteiger partial charge on any atom is 0.410 e. The third-order valence-corrected chi connectivity index (χ3v) is 3.19. The highest BCUT2D eigenvalue weighted by molar-refractivity contribution is 5.68. The average molecular weight is 267 g/mol. The summed E-state index contributed by atoms with van der Waals surface area (Å²) in [5, 5.41) is 0. The second-order valence-corrected chi connectivity index (χ2v) is 5.87. The van der Waals surface area contributed by atoms with Crippen molar-refractivity contribution in [1.29, 1.82) is 0 Å². The molecule has 1 aliphatic heterocycles. The van der Waals surface area contributed by atoms with Crippen LogP contribution in [0.3, 0.4) is 0 Å². The van der Waals surface area contributed by atoms with Gasteiger partial charge in [0.25, 0.3) is 0 Å². The minimum absolute atomic E-state index is 0.0873. The largest absolute Gasteiger partial charge is 0.444 e. The van der Waals surface area contributed by atoms with Crippen molar-refractivity contribution in [2.45, 2.75) is 45.3 Å². The Kier molecular flexibility index (Phi) is 3.68. The van der Waals surface area contributed by atoms with E-state index in [0.29, 0.717) is 13.1 Å². The van der Waals surface area contributed by atoms with Gasteiger partial charge in [-0.05, 0) is 33.6 Å². The van der Waals surface area contributed by atoms with E-state index in [0.717, 1.165) is 12.8 Å². The Morgan fingerprint density at radius 1 is 1.37 bits per heavy atom. The van der Waals surface area contributed by atoms with E-state index < -0.39 is 5.60 Å². The zero-order valence-electron chi connectivity index (χ0n) is 11.7. The number of aromatic amines is 1. The predicted molar refractivity (Wildman–Crippen MR) is 71.1 cm³/mol. The van der Waals surface area contributed by atoms with Crippen LogP contribution in [0.25, 0.3) is 0 Å². The summed E-state index contributed by atoms with van der Waals surface area (Å²) in [6, 6.07) is 0.164. The molecule has 1 amide bonds. The molecule has 0 aromatic carbocycles. The number of rotatable bonds is 1. The van der Waals surface area contributed by atoms with E-state index in [4.69, 9.17) is 4.74 Å². The first-order chi connectivity index (χ1) is 8.87. The second-order valence-electron chi connectivity index (χ2n) is 5.87. The predicted octanol–water partition coefficient (Wildman–Crippen LogP) is 1.75. The van der Waals surface area contributed by atoms with Crippen molar-refractivity contribution in [1.82, 2.24) is 14.5 Å². The highest BCUT2D eigenvalue weighted by Gasteiger charge is 2.27. The van der Waals surface area contributed by atoms with Gasteiger partial charge in [0.2, 0.25) is 0 Å². The van der Waals surface area contributed by atoms with Gasteiger partial charge in [-0.1, -0.05) is 0 Å². The molecular weight excluding hydrogens is 246 g/mol. The van der Waals surface area contributed by atoms with E-state index in [2.05, 4.69) is 4.98 Å². The van der Waals surface area contributed by atoms with Gasteiger partial charge in [0.15, 0.2) is 0 Å². The maximum atomic E-state index is 11.9. The Labute approximate surface area is 112 Å². The van der Waals surface area contributed by atoms with E-state index in [1.54, 1.807) is 21.9 Å². The molecule has 0 saturated carbocycles. The second kappa shape index (κ2) is 5.11. The average Bonchev–Trinajstić information content (AvgIpc) is 2.73. The number of hydrogen-bond acceptors (Lipinski definition) is 3. The van der Waals surface area contributed by atoms with Gasteiger partial charge < -0.3 is 14.6 Å². The number of likely N-dealkylation sites (tertiary alicyclic amines) is 1. The van der Waals surface area contributed by atoms with Gasteiger partial charge in [-0.2, -0.15) is 0 Å². The van der Waals surface area contributed by atoms with E-state index in [-0.39, 0.29) is 17.8 Å². The number of carbonyl (C=O) groups is 1. The van der Waals surface area contributed by atoms with E-state index in [9.17, 15) is 9.59 Å². The quantitative estimate of drug-likeness (QED) is 0.843. The molecule has 2 rings (SSSR count). The molecule has 2 heterocycles. The lowest BCUT2D eigenvalue weighted by molar-refractivity contribution is 0.0187. The molecule has 6 heteroatoms. The van der Waals surface area contributed by atoms with Crippen molar-refractivity contribution < 1.29 is 9.53 Å². The standard InChI is InChI=1S/C13H21N3O3/c1-13(2,3)19-12(18)15-7-4-10(5-8-15)16-9-6-14-11(16)17/h6,9-10H,4-5,7-8H2,1-3H3,(H,14,17). The Balaban J connectivity index is 1.91. The smallest absolute Gasteiger partial charge is 0.410 e. The van der Waals surface area contributed by atoms with Crippen LogP contribution < -0.4 is 5.69 Å². The third kappa shape index (κ3) is 3.39. The van der Waals surface area contributed by atoms with E-state index >= 15 is 0 Å². The summed E-state index contributed by atoms with van der Waals surface area (Å²) in [6.07, 6.45) is 4.68. The molecule has 1 aromatic rings. The van der Waals surface area contributed by atoms with Gasteiger partial charge in [0.1, 0.15) is 5.60 Å². The highest BCUT2D eigenvalue weighted by atomic mass is 16.6. The summed E-state index contributed by atoms with van der Waals surface area (Å²) in [4.78, 5) is 27.8. The number of H-pyrrole nitrogens is 1. The van der Waals surface area contributed by atoms with Crippen molar-refractivity contribution in [3.05, 3.63) is 22.9 Å². The molecule has 0 aliphatic carbocycles. The van der Waals surface area contributed by atoms with Crippen LogP contribution in [0.1, 0.15) is 39.7 Å². The van der Waals surface area contributed by atoms with Crippen LogP contribution in [0.4, 0.5) is 4.79 Å². The van der Waals surface area contributed by atoms with Gasteiger partial charge in [0, 0.05) is 31.5 Å². The molecule has 1 aliphatic rings. The molecular formula is C13H21N3O3. The van der Waals surface area contributed by atoms with Crippen LogP contribution in [0.5, 0.6) is 0 Å². The van der Waals surface area contributed by atoms with Gasteiger partial charge in [-0.3, -0.25) is 4.57 Å². The van der Waals surface area contributed by atoms with E-state index in [1.807, 2.05) is 20.8 Å². The fraction of sp³-hybridized carbons (Fsp3) is 0.692. The lowest BCUT2D eigenvalue weighted by atomic mass is 10.1. The molecule has 0 unspecified atom stereocenters. The monoisotopic (exact) mass is 267 g/mol. The molecule has 0 atom stereocenters. The number of hydrogen-bond donors (Lipinski definition) is 1. The number of ether oxygens (including phenoxy) is 1. The number of piperidine rings is 1. The summed E-state index contributed by atoms with van der Waals surface area (Å²) >= 11 is 0. The minimum Gasteiger partial charge on any atom is -0.444 e. The topological polar surface area (TPSA) is 67.3 Å². The summed E-state index contributed by atoms with van der Waals surface area (Å²) in [5.74, 6) is 0. The summed E-state index contributed by atoms with van der Waals surface area (Å²) in [7, 11) is 0. The third-order valence-electron chi connectivity index (χ3n) is 3.19. The summed E-state index contributed by atoms with van der Waals surface area (Å²) in [6.45, 7) is 6.82. The lowest BCUT2D eigenvalue weighted by Crippen LogP contribution is -2.42. The lowest BCUT2D eigenvalue weighted by Gasteiger charge is -2.33. The summed E-state index contributed by atoms with van der Waals surface area (Å²) < 4.78 is 7.04. The van der Waals surface area contributed by atoms with Crippen molar-refractivity contribution in [2.75, 3.05) is 13.1 Å². The fourth-order valence-corrected chi connectivity index (χ4v) is 2.27. The van der Waals surface area contributed by atoms with Crippen molar-refractivity contribution in [3.63, 3.8) is 0 Å². The molecule has 0 spiro atoms. The molecule has 6 nitrogen and oxygen atoms in total. The molecule has 1 fully saturated rings. The molecule has 106 valence electrons. The molecule has 0 radical (unpaired) electrons. The minimum atomic E-state index is -0.467. The van der Waals surface area contributed by atoms with Crippen LogP contribution in [0, 0.1) is 0 Å². The van der Waals surface area contributed by atoms with Gasteiger partial charge in [0.05, 0.1) is 0 Å². The molecule has 1 saturated heterocycles. The van der Waals surface area contributed by atoms with Crippen LogP contribution >= 0.6 is 0 Å². The molecule has 1 aromatic heterocycles. The summed E-state index contributed by atoms with van der Waals surface area (Å²) in [5.41, 5.74) is -0.554. The number of nitrogens with one attached hydrogen (secondary N) is 1. The first kappa shape index (κ1) is 13.7. The zero-order chi connectivity index (χ0) is 14.0. The molecule has 0 bridgehead atoms. The fourth-order valence-electron chi connectivity index (χ4n) is 2.27. The SMILES string of the molecule is CC(C)(C)OC(=O)N1CCC(n2cc[nH]c2=O)CC1. The van der Waals surface area contributed by atoms with E-state index in [1.165, 1.54) is 0 Å². The van der Waals surface area contributed by atoms with Gasteiger partial charge >= 0.3 is 11.8 Å². The first-order valence-electron chi connectivity index (χ1n) is 6.60. The Morgan fingerprint density at radius 2 is 2.00 bits per heavy atom. The Bertz CT molecular complexity index is 490. The number of carbonyl (C=O) groups excluding carboxylic acids is 1. The van der Waals surface area contributed by atoms with Crippen LogP contribution in [-0.4, -0.2) is 39.2 Å². The number of imidazole rings is 1. The zero-order valence-corrected chi connectivity index (χ0v) is 11.7. The van der Waals surface area contributed by atoms with Crippen LogP contribution in [-0.2, 0) is 4.74 Å². The Morgan fingerprint density at radius 3 is 2.47 bits per heavy atom. The number of nitrogens with zero attached hydrogens (tertiary/aromatic N) is 2. The number of aromatic nitrogens is 2. The van der Waals surface area contributed by atoms with Crippen LogP contribution in [0.15, 0.2) is 17.2 Å². The van der Waals surface area contributed by atoms with Gasteiger partial charge in [-0.15, -0.1) is 0 Å². The van der Waals surface area contributed by atoms with Crippen molar-refractivity contribution >= 4 is 6.09 Å². The molecule has 19 heavy (non-hydrogen) atoms. The first-order valence-corrected chi connectivity index (χ1v) is 6.60. The van der Waals surface area contributed by atoms with Crippen molar-refractivity contribution in [2.24, 2.45) is 0 Å². The van der Waals surface area contributed by atoms with Crippen LogP contribution in [0.2, 0.25) is 0 Å².